The molecule has 1 fully saturated rings. The number of nitrogens with one attached hydrogen (secondary N) is 1. The van der Waals surface area contributed by atoms with Gasteiger partial charge in [0.15, 0.2) is 5.11 Å². The van der Waals surface area contributed by atoms with E-state index in [1.165, 1.54) is 15.7 Å². The van der Waals surface area contributed by atoms with Crippen molar-refractivity contribution in [3.8, 4) is 28.4 Å². The third-order valence-electron chi connectivity index (χ3n) is 6.46. The molecule has 1 N–H and O–H groups in total. The van der Waals surface area contributed by atoms with Crippen molar-refractivity contribution in [2.75, 3.05) is 4.90 Å². The molecular weight excluding hydrogens is 591 g/mol. The summed E-state index contributed by atoms with van der Waals surface area (Å²) in [5.74, 6) is -0.0211. The van der Waals surface area contributed by atoms with E-state index in [0.29, 0.717) is 44.7 Å². The third kappa shape index (κ3) is 5.31. The van der Waals surface area contributed by atoms with E-state index in [1.807, 2.05) is 66.7 Å². The van der Waals surface area contributed by atoms with E-state index in [0.717, 1.165) is 0 Å². The number of ether oxygens (including phenoxy) is 1. The van der Waals surface area contributed by atoms with Crippen molar-refractivity contribution in [1.29, 1.82) is 0 Å². The summed E-state index contributed by atoms with van der Waals surface area (Å²) in [5.41, 5.74) is 2.33. The molecule has 1 aromatic heterocycles. The summed E-state index contributed by atoms with van der Waals surface area (Å²) < 4.78 is 7.39. The first-order valence-electron chi connectivity index (χ1n) is 12.7. The molecular formula is C32H20Cl2N4O3S. The number of thiocarbonyl (C=S) groups is 1. The van der Waals surface area contributed by atoms with Crippen LogP contribution in [0.2, 0.25) is 10.2 Å². The van der Waals surface area contributed by atoms with Gasteiger partial charge in [-0.25, -0.2) is 4.68 Å². The highest BCUT2D eigenvalue weighted by atomic mass is 35.5. The highest BCUT2D eigenvalue weighted by Crippen LogP contribution is 2.37. The Morgan fingerprint density at radius 2 is 1.38 bits per heavy atom. The third-order valence-corrected chi connectivity index (χ3v) is 7.44. The molecule has 4 aromatic carbocycles. The van der Waals surface area contributed by atoms with Crippen molar-refractivity contribution in [2.45, 2.75) is 0 Å². The number of rotatable bonds is 6. The van der Waals surface area contributed by atoms with E-state index in [-0.39, 0.29) is 15.8 Å². The average molecular weight is 612 g/mol. The van der Waals surface area contributed by atoms with Gasteiger partial charge in [-0.2, -0.15) is 5.10 Å². The van der Waals surface area contributed by atoms with Gasteiger partial charge in [0.05, 0.1) is 16.4 Å². The van der Waals surface area contributed by atoms with Gasteiger partial charge in [-0.1, -0.05) is 77.8 Å². The normalized spacial score (nSPS) is 14.3. The zero-order valence-corrected chi connectivity index (χ0v) is 24.0. The van der Waals surface area contributed by atoms with Crippen LogP contribution in [-0.4, -0.2) is 26.7 Å². The first kappa shape index (κ1) is 27.4. The van der Waals surface area contributed by atoms with E-state index < -0.39 is 11.8 Å². The number of para-hydroxylation sites is 2. The molecule has 2 heterocycles. The maximum absolute atomic E-state index is 13.8. The Morgan fingerprint density at radius 3 is 2.07 bits per heavy atom. The number of benzene rings is 4. The molecule has 0 spiro atoms. The van der Waals surface area contributed by atoms with Crippen molar-refractivity contribution >= 4 is 64.1 Å². The molecule has 7 nitrogen and oxygen atoms in total. The van der Waals surface area contributed by atoms with E-state index >= 15 is 0 Å². The Morgan fingerprint density at radius 1 is 0.762 bits per heavy atom. The molecule has 10 heteroatoms. The van der Waals surface area contributed by atoms with Crippen LogP contribution < -0.4 is 15.0 Å². The molecule has 0 atom stereocenters. The highest BCUT2D eigenvalue weighted by Gasteiger charge is 2.35. The molecule has 42 heavy (non-hydrogen) atoms. The van der Waals surface area contributed by atoms with Crippen LogP contribution in [0.4, 0.5) is 5.69 Å². The lowest BCUT2D eigenvalue weighted by Crippen LogP contribution is -2.54. The van der Waals surface area contributed by atoms with Gasteiger partial charge in [-0.15, -0.1) is 0 Å². The van der Waals surface area contributed by atoms with Crippen LogP contribution in [0.15, 0.2) is 115 Å². The summed E-state index contributed by atoms with van der Waals surface area (Å²) in [6.07, 6.45) is 1.42. The molecule has 0 unspecified atom stereocenters. The van der Waals surface area contributed by atoms with Gasteiger partial charge in [0, 0.05) is 11.1 Å². The highest BCUT2D eigenvalue weighted by molar-refractivity contribution is 7.80. The summed E-state index contributed by atoms with van der Waals surface area (Å²) in [6.45, 7) is 0. The average Bonchev–Trinajstić information content (AvgIpc) is 3.32. The molecule has 0 radical (unpaired) electrons. The lowest BCUT2D eigenvalue weighted by molar-refractivity contribution is -0.122. The number of aromatic nitrogens is 2. The largest absolute Gasteiger partial charge is 0.457 e. The minimum atomic E-state index is -0.654. The van der Waals surface area contributed by atoms with E-state index in [1.54, 1.807) is 42.5 Å². The monoisotopic (exact) mass is 610 g/mol. The topological polar surface area (TPSA) is 76.5 Å². The summed E-state index contributed by atoms with van der Waals surface area (Å²) in [6, 6.07) is 32.5. The first-order valence-corrected chi connectivity index (χ1v) is 13.9. The number of anilines is 1. The maximum atomic E-state index is 13.8. The van der Waals surface area contributed by atoms with Crippen molar-refractivity contribution in [3.63, 3.8) is 0 Å². The van der Waals surface area contributed by atoms with Gasteiger partial charge >= 0.3 is 0 Å². The Kier molecular flexibility index (Phi) is 7.58. The minimum Gasteiger partial charge on any atom is -0.457 e. The second-order valence-corrected chi connectivity index (χ2v) is 10.3. The maximum Gasteiger partial charge on any atom is 0.270 e. The number of hydrogen-bond acceptors (Lipinski definition) is 5. The van der Waals surface area contributed by atoms with E-state index in [9.17, 15) is 9.59 Å². The molecule has 0 aliphatic carbocycles. The Bertz CT molecular complexity index is 1860. The van der Waals surface area contributed by atoms with Gasteiger partial charge in [-0.05, 0) is 72.9 Å². The predicted octanol–water partition coefficient (Wildman–Crippen LogP) is 7.47. The lowest BCUT2D eigenvalue weighted by Gasteiger charge is -2.29. The second-order valence-electron chi connectivity index (χ2n) is 9.15. The summed E-state index contributed by atoms with van der Waals surface area (Å²) in [5, 5.41) is 7.93. The van der Waals surface area contributed by atoms with Crippen molar-refractivity contribution < 1.29 is 14.3 Å². The van der Waals surface area contributed by atoms with Crippen LogP contribution in [0.1, 0.15) is 5.56 Å². The number of carbonyl (C=O) groups excluding carboxylic acids is 2. The number of halogens is 2. The smallest absolute Gasteiger partial charge is 0.270 e. The van der Waals surface area contributed by atoms with Crippen LogP contribution in [-0.2, 0) is 9.59 Å². The van der Waals surface area contributed by atoms with Crippen LogP contribution in [0.25, 0.3) is 23.0 Å². The van der Waals surface area contributed by atoms with Gasteiger partial charge < -0.3 is 4.74 Å². The quantitative estimate of drug-likeness (QED) is 0.123. The number of hydrogen-bond donors (Lipinski definition) is 1. The SMILES string of the molecule is O=C1NC(=S)N(c2ccc(Oc3ccccc3)cc2)C(=O)C1=Cc1c(-c2ccccc2Cl)nn(-c2ccccc2)c1Cl. The van der Waals surface area contributed by atoms with Crippen LogP contribution in [0.3, 0.4) is 0 Å². The minimum absolute atomic E-state index is 0.0451. The Balaban J connectivity index is 1.40. The molecule has 6 rings (SSSR count). The molecule has 1 aliphatic heterocycles. The van der Waals surface area contributed by atoms with Crippen molar-refractivity contribution in [3.05, 3.63) is 131 Å². The van der Waals surface area contributed by atoms with E-state index in [4.69, 9.17) is 45.3 Å². The second kappa shape index (κ2) is 11.6. The standard InChI is InChI=1S/C32H20Cl2N4O3S/c33-27-14-8-7-13-24(27)28-25(29(34)38(36-28)21-9-3-1-4-10-21)19-26-30(39)35-32(42)37(31(26)40)20-15-17-23(18-16-20)41-22-11-5-2-6-12-22/h1-19H,(H,35,39,42). The van der Waals surface area contributed by atoms with Gasteiger partial charge in [-0.3, -0.25) is 19.8 Å². The zero-order valence-electron chi connectivity index (χ0n) is 21.7. The molecule has 206 valence electrons. The lowest BCUT2D eigenvalue weighted by atomic mass is 10.0. The van der Waals surface area contributed by atoms with Gasteiger partial charge in [0.2, 0.25) is 0 Å². The van der Waals surface area contributed by atoms with E-state index in [2.05, 4.69) is 5.32 Å². The molecule has 5 aromatic rings. The fourth-order valence-electron chi connectivity index (χ4n) is 4.45. The molecule has 1 saturated heterocycles. The van der Waals surface area contributed by atoms with Crippen molar-refractivity contribution in [2.24, 2.45) is 0 Å². The fraction of sp³-hybridized carbons (Fsp3) is 0. The van der Waals surface area contributed by atoms with Crippen LogP contribution in [0, 0.1) is 0 Å². The number of carbonyl (C=O) groups is 2. The van der Waals surface area contributed by atoms with Gasteiger partial charge in [0.25, 0.3) is 11.8 Å². The first-order chi connectivity index (χ1) is 20.4. The fourth-order valence-corrected chi connectivity index (χ4v) is 5.24. The predicted molar refractivity (Wildman–Crippen MR) is 168 cm³/mol. The molecule has 2 amide bonds. The Labute approximate surface area is 256 Å². The molecule has 0 bridgehead atoms. The van der Waals surface area contributed by atoms with Crippen molar-refractivity contribution in [1.82, 2.24) is 15.1 Å². The molecule has 1 aliphatic rings. The summed E-state index contributed by atoms with van der Waals surface area (Å²) in [7, 11) is 0. The Hall–Kier alpha value is -4.76. The summed E-state index contributed by atoms with van der Waals surface area (Å²) in [4.78, 5) is 28.2. The number of nitrogens with zero attached hydrogens (tertiary/aromatic N) is 3. The zero-order chi connectivity index (χ0) is 29.2. The van der Waals surface area contributed by atoms with Crippen LogP contribution >= 0.6 is 35.4 Å². The van der Waals surface area contributed by atoms with Crippen LogP contribution in [0.5, 0.6) is 11.5 Å². The molecule has 0 saturated carbocycles. The number of amides is 2. The summed E-state index contributed by atoms with van der Waals surface area (Å²) >= 11 is 18.8. The van der Waals surface area contributed by atoms with Gasteiger partial charge in [0.1, 0.15) is 27.9 Å².